The second kappa shape index (κ2) is 2.98. The SMILES string of the molecule is C[C@H](O)CC12CC3CC(CC(C3)C1)C2. The fourth-order valence-electron chi connectivity index (χ4n) is 5.17. The summed E-state index contributed by atoms with van der Waals surface area (Å²) >= 11 is 0. The Morgan fingerprint density at radius 3 is 1.86 bits per heavy atom. The molecule has 4 aliphatic carbocycles. The van der Waals surface area contributed by atoms with Crippen LogP contribution >= 0.6 is 0 Å². The van der Waals surface area contributed by atoms with E-state index in [9.17, 15) is 5.11 Å². The molecule has 0 aliphatic heterocycles. The Hall–Kier alpha value is -0.0400. The van der Waals surface area contributed by atoms with E-state index in [0.717, 1.165) is 24.2 Å². The molecule has 0 aromatic rings. The van der Waals surface area contributed by atoms with E-state index >= 15 is 0 Å². The molecular weight excluding hydrogens is 172 g/mol. The molecular formula is C13H22O. The van der Waals surface area contributed by atoms with Crippen molar-refractivity contribution in [2.45, 2.75) is 58.0 Å². The average molecular weight is 194 g/mol. The Kier molecular flexibility index (Phi) is 1.96. The summed E-state index contributed by atoms with van der Waals surface area (Å²) in [6, 6.07) is 0. The Labute approximate surface area is 86.9 Å². The van der Waals surface area contributed by atoms with E-state index in [1.165, 1.54) is 38.5 Å². The maximum atomic E-state index is 9.61. The lowest BCUT2D eigenvalue weighted by Crippen LogP contribution is -2.47. The molecule has 4 aliphatic rings. The predicted octanol–water partition coefficient (Wildman–Crippen LogP) is 2.97. The number of aliphatic hydroxyl groups excluding tert-OH is 1. The minimum absolute atomic E-state index is 0.0775. The minimum atomic E-state index is -0.0775. The van der Waals surface area contributed by atoms with Gasteiger partial charge in [0.25, 0.3) is 0 Å². The first-order valence-corrected chi connectivity index (χ1v) is 6.33. The van der Waals surface area contributed by atoms with Crippen LogP contribution in [0.3, 0.4) is 0 Å². The van der Waals surface area contributed by atoms with Gasteiger partial charge in [-0.05, 0) is 75.0 Å². The zero-order valence-corrected chi connectivity index (χ0v) is 9.21. The molecule has 0 amide bonds. The first kappa shape index (κ1) is 9.21. The van der Waals surface area contributed by atoms with Crippen molar-refractivity contribution in [1.29, 1.82) is 0 Å². The maximum Gasteiger partial charge on any atom is 0.0517 e. The molecule has 0 unspecified atom stereocenters. The molecule has 1 heteroatoms. The summed E-state index contributed by atoms with van der Waals surface area (Å²) in [6.45, 7) is 1.97. The normalized spacial score (nSPS) is 52.3. The van der Waals surface area contributed by atoms with Crippen LogP contribution in [-0.4, -0.2) is 11.2 Å². The van der Waals surface area contributed by atoms with Gasteiger partial charge in [-0.3, -0.25) is 0 Å². The molecule has 0 heterocycles. The molecule has 4 saturated carbocycles. The lowest BCUT2D eigenvalue weighted by Gasteiger charge is -2.57. The van der Waals surface area contributed by atoms with Crippen molar-refractivity contribution in [1.82, 2.24) is 0 Å². The largest absolute Gasteiger partial charge is 0.393 e. The number of rotatable bonds is 2. The van der Waals surface area contributed by atoms with Crippen LogP contribution in [0.4, 0.5) is 0 Å². The fraction of sp³-hybridized carbons (Fsp3) is 1.00. The highest BCUT2D eigenvalue weighted by Crippen LogP contribution is 2.61. The average Bonchev–Trinajstić information content (AvgIpc) is 1.96. The van der Waals surface area contributed by atoms with Gasteiger partial charge in [-0.15, -0.1) is 0 Å². The molecule has 4 rings (SSSR count). The van der Waals surface area contributed by atoms with Gasteiger partial charge >= 0.3 is 0 Å². The summed E-state index contributed by atoms with van der Waals surface area (Å²) in [4.78, 5) is 0. The standard InChI is InChI=1S/C13H22O/c1-9(14)5-13-6-10-2-11(7-13)4-12(3-10)8-13/h9-12,14H,2-8H2,1H3/t9-,10?,11?,12?,13?/m0/s1. The predicted molar refractivity (Wildman–Crippen MR) is 56.9 cm³/mol. The maximum absolute atomic E-state index is 9.61. The van der Waals surface area contributed by atoms with Crippen LogP contribution in [0.15, 0.2) is 0 Å². The Morgan fingerprint density at radius 2 is 1.50 bits per heavy atom. The van der Waals surface area contributed by atoms with Gasteiger partial charge in [0.1, 0.15) is 0 Å². The molecule has 0 radical (unpaired) electrons. The summed E-state index contributed by atoms with van der Waals surface area (Å²) in [7, 11) is 0. The fourth-order valence-corrected chi connectivity index (χ4v) is 5.17. The molecule has 1 nitrogen and oxygen atoms in total. The van der Waals surface area contributed by atoms with Crippen molar-refractivity contribution in [3.63, 3.8) is 0 Å². The lowest BCUT2D eigenvalue weighted by atomic mass is 9.48. The van der Waals surface area contributed by atoms with Gasteiger partial charge in [0, 0.05) is 0 Å². The van der Waals surface area contributed by atoms with Gasteiger partial charge in [0.2, 0.25) is 0 Å². The summed E-state index contributed by atoms with van der Waals surface area (Å²) in [6.07, 6.45) is 9.84. The van der Waals surface area contributed by atoms with E-state index in [1.54, 1.807) is 0 Å². The van der Waals surface area contributed by atoms with Crippen molar-refractivity contribution in [3.8, 4) is 0 Å². The van der Waals surface area contributed by atoms with E-state index in [2.05, 4.69) is 0 Å². The lowest BCUT2D eigenvalue weighted by molar-refractivity contribution is -0.0735. The quantitative estimate of drug-likeness (QED) is 0.716. The molecule has 0 spiro atoms. The van der Waals surface area contributed by atoms with Gasteiger partial charge in [0.05, 0.1) is 6.10 Å². The van der Waals surface area contributed by atoms with Crippen LogP contribution in [0, 0.1) is 23.2 Å². The zero-order valence-electron chi connectivity index (χ0n) is 9.21. The van der Waals surface area contributed by atoms with Gasteiger partial charge in [-0.1, -0.05) is 0 Å². The molecule has 0 aromatic heterocycles. The summed E-state index contributed by atoms with van der Waals surface area (Å²) < 4.78 is 0. The summed E-state index contributed by atoms with van der Waals surface area (Å²) in [5.74, 6) is 3.08. The van der Waals surface area contributed by atoms with Crippen molar-refractivity contribution in [3.05, 3.63) is 0 Å². The first-order chi connectivity index (χ1) is 6.65. The molecule has 1 N–H and O–H groups in total. The third kappa shape index (κ3) is 1.41. The van der Waals surface area contributed by atoms with Crippen LogP contribution in [0.5, 0.6) is 0 Å². The van der Waals surface area contributed by atoms with Gasteiger partial charge < -0.3 is 5.11 Å². The second-order valence-electron chi connectivity index (χ2n) is 6.47. The Bertz CT molecular complexity index is 190. The van der Waals surface area contributed by atoms with Gasteiger partial charge in [-0.2, -0.15) is 0 Å². The Morgan fingerprint density at radius 1 is 1.07 bits per heavy atom. The van der Waals surface area contributed by atoms with Gasteiger partial charge in [-0.25, -0.2) is 0 Å². The number of aliphatic hydroxyl groups is 1. The highest BCUT2D eigenvalue weighted by atomic mass is 16.3. The smallest absolute Gasteiger partial charge is 0.0517 e. The monoisotopic (exact) mass is 194 g/mol. The van der Waals surface area contributed by atoms with Crippen LogP contribution in [0.2, 0.25) is 0 Å². The molecule has 0 saturated heterocycles. The van der Waals surface area contributed by atoms with E-state index in [1.807, 2.05) is 6.92 Å². The molecule has 14 heavy (non-hydrogen) atoms. The molecule has 4 fully saturated rings. The Balaban J connectivity index is 1.80. The minimum Gasteiger partial charge on any atom is -0.393 e. The number of hydrogen-bond donors (Lipinski definition) is 1. The van der Waals surface area contributed by atoms with E-state index < -0.39 is 0 Å². The number of hydrogen-bond acceptors (Lipinski definition) is 1. The van der Waals surface area contributed by atoms with E-state index in [4.69, 9.17) is 0 Å². The highest BCUT2D eigenvalue weighted by Gasteiger charge is 2.50. The van der Waals surface area contributed by atoms with Crippen molar-refractivity contribution >= 4 is 0 Å². The third-order valence-electron chi connectivity index (χ3n) is 4.89. The first-order valence-electron chi connectivity index (χ1n) is 6.33. The van der Waals surface area contributed by atoms with Gasteiger partial charge in [0.15, 0.2) is 0 Å². The molecule has 1 atom stereocenters. The van der Waals surface area contributed by atoms with Crippen LogP contribution in [-0.2, 0) is 0 Å². The summed E-state index contributed by atoms with van der Waals surface area (Å²) in [5.41, 5.74) is 0.572. The molecule has 4 bridgehead atoms. The second-order valence-corrected chi connectivity index (χ2v) is 6.47. The zero-order chi connectivity index (χ0) is 9.76. The molecule has 80 valence electrons. The third-order valence-corrected chi connectivity index (χ3v) is 4.89. The topological polar surface area (TPSA) is 20.2 Å². The van der Waals surface area contributed by atoms with E-state index in [-0.39, 0.29) is 6.10 Å². The van der Waals surface area contributed by atoms with Crippen LogP contribution < -0.4 is 0 Å². The van der Waals surface area contributed by atoms with Crippen LogP contribution in [0.1, 0.15) is 51.9 Å². The van der Waals surface area contributed by atoms with Crippen LogP contribution in [0.25, 0.3) is 0 Å². The van der Waals surface area contributed by atoms with Crippen molar-refractivity contribution < 1.29 is 5.11 Å². The van der Waals surface area contributed by atoms with Crippen molar-refractivity contribution in [2.75, 3.05) is 0 Å². The van der Waals surface area contributed by atoms with E-state index in [0.29, 0.717) is 5.41 Å². The highest BCUT2D eigenvalue weighted by molar-refractivity contribution is 5.01. The molecule has 0 aromatic carbocycles. The van der Waals surface area contributed by atoms with Crippen molar-refractivity contribution in [2.24, 2.45) is 23.2 Å². The summed E-state index contributed by atoms with van der Waals surface area (Å²) in [5, 5.41) is 9.61.